The van der Waals surface area contributed by atoms with Gasteiger partial charge in [-0.2, -0.15) is 0 Å². The molecule has 20 heteroatoms. The van der Waals surface area contributed by atoms with E-state index in [4.69, 9.17) is 42.6 Å². The van der Waals surface area contributed by atoms with E-state index in [1.807, 2.05) is 0 Å². The predicted octanol–water partition coefficient (Wildman–Crippen LogP) is -5.21. The minimum atomic E-state index is -1.81. The highest BCUT2D eigenvalue weighted by molar-refractivity contribution is 5.87. The number of hydrogen-bond donors (Lipinski definition) is 10. The average molecular weight is 723 g/mol. The number of aromatic hydroxyl groups is 1. The van der Waals surface area contributed by atoms with Crippen LogP contribution >= 0.6 is 0 Å². The topological polar surface area (TPSA) is 302 Å². The van der Waals surface area contributed by atoms with Crippen LogP contribution in [0.1, 0.15) is 5.56 Å². The summed E-state index contributed by atoms with van der Waals surface area (Å²) in [6.45, 7) is -1.76. The van der Waals surface area contributed by atoms with Gasteiger partial charge in [0.2, 0.25) is 0 Å². The highest BCUT2D eigenvalue weighted by atomic mass is 16.8. The molecular weight excluding hydrogens is 680 g/mol. The molecule has 4 heterocycles. The number of methoxy groups -OCH3 is 1. The quantitative estimate of drug-likeness (QED) is 0.0754. The lowest BCUT2D eigenvalue weighted by atomic mass is 10.0. The molecule has 1 aromatic rings. The lowest BCUT2D eigenvalue weighted by molar-refractivity contribution is -0.356. The zero-order valence-corrected chi connectivity index (χ0v) is 26.5. The Morgan fingerprint density at radius 3 is 2.12 bits per heavy atom. The molecule has 20 nitrogen and oxygen atoms in total. The molecule has 0 saturated carbocycles. The molecule has 0 amide bonds. The molecule has 4 aliphatic rings. The minimum Gasteiger partial charge on any atom is -0.504 e. The summed E-state index contributed by atoms with van der Waals surface area (Å²) in [5.74, 6) is -0.733. The van der Waals surface area contributed by atoms with Crippen LogP contribution in [0, 0.1) is 0 Å². The van der Waals surface area contributed by atoms with Crippen LogP contribution in [0.4, 0.5) is 0 Å². The van der Waals surface area contributed by atoms with Crippen LogP contribution in [0.2, 0.25) is 0 Å². The highest BCUT2D eigenvalue weighted by Crippen LogP contribution is 2.31. The molecule has 1 aromatic carbocycles. The van der Waals surface area contributed by atoms with Crippen LogP contribution in [-0.4, -0.2) is 189 Å². The van der Waals surface area contributed by atoms with Gasteiger partial charge in [-0.15, -0.1) is 0 Å². The van der Waals surface area contributed by atoms with Crippen LogP contribution in [0.25, 0.3) is 6.08 Å². The number of carbonyl (C=O) groups is 1. The highest BCUT2D eigenvalue weighted by Gasteiger charge is 2.51. The van der Waals surface area contributed by atoms with Gasteiger partial charge in [0.15, 0.2) is 36.7 Å². The number of carbonyl (C=O) groups excluding carboxylic acids is 1. The Bertz CT molecular complexity index is 1300. The second-order valence-electron chi connectivity index (χ2n) is 12.0. The normalized spacial score (nSPS) is 42.4. The van der Waals surface area contributed by atoms with Crippen LogP contribution in [0.15, 0.2) is 24.3 Å². The van der Waals surface area contributed by atoms with Crippen molar-refractivity contribution in [2.75, 3.05) is 33.5 Å². The SMILES string of the molecule is COc1cc(/C=C/C(=O)OC[C@@H]2O[C@@H](O[C@@H]3[C@H](O)C(O)OC[C@H]3O[C@H]3OC[C@@H](O[C@@H]4OC[C@@H](O)[C@H](O)[C@H]4O)[C@H](O)[C@H]3O)[C@H](O)[C@H]2O)ccc1O. The molecule has 10 N–H and O–H groups in total. The number of benzene rings is 1. The lowest BCUT2D eigenvalue weighted by Crippen LogP contribution is -2.62. The van der Waals surface area contributed by atoms with E-state index < -0.39 is 124 Å². The van der Waals surface area contributed by atoms with Gasteiger partial charge in [-0.05, 0) is 23.8 Å². The van der Waals surface area contributed by atoms with Gasteiger partial charge in [0, 0.05) is 6.08 Å². The summed E-state index contributed by atoms with van der Waals surface area (Å²) in [4.78, 5) is 12.3. The number of hydrogen-bond acceptors (Lipinski definition) is 20. The third-order valence-electron chi connectivity index (χ3n) is 8.55. The molecule has 1 unspecified atom stereocenters. The fraction of sp³-hybridized carbons (Fsp3) is 0.700. The largest absolute Gasteiger partial charge is 0.504 e. The van der Waals surface area contributed by atoms with Crippen molar-refractivity contribution in [3.8, 4) is 11.5 Å². The molecule has 4 saturated heterocycles. The fourth-order valence-electron chi connectivity index (χ4n) is 5.60. The maximum Gasteiger partial charge on any atom is 0.330 e. The molecule has 0 radical (unpaired) electrons. The molecule has 5 rings (SSSR count). The Balaban J connectivity index is 1.15. The van der Waals surface area contributed by atoms with Crippen molar-refractivity contribution in [3.05, 3.63) is 29.8 Å². The molecule has 50 heavy (non-hydrogen) atoms. The monoisotopic (exact) mass is 722 g/mol. The van der Waals surface area contributed by atoms with Crippen molar-refractivity contribution in [2.45, 2.75) is 98.4 Å². The Labute approximate surface area is 284 Å². The fourth-order valence-corrected chi connectivity index (χ4v) is 5.60. The lowest BCUT2D eigenvalue weighted by Gasteiger charge is -2.44. The van der Waals surface area contributed by atoms with Gasteiger partial charge in [-0.25, -0.2) is 4.79 Å². The first-order valence-electron chi connectivity index (χ1n) is 15.6. The third kappa shape index (κ3) is 8.70. The van der Waals surface area contributed by atoms with Gasteiger partial charge in [0.1, 0.15) is 79.9 Å². The van der Waals surface area contributed by atoms with Crippen molar-refractivity contribution in [3.63, 3.8) is 0 Å². The summed E-state index contributed by atoms with van der Waals surface area (Å²) in [6, 6.07) is 4.38. The zero-order valence-electron chi connectivity index (χ0n) is 26.5. The van der Waals surface area contributed by atoms with Crippen LogP contribution in [-0.2, 0) is 42.7 Å². The van der Waals surface area contributed by atoms with Crippen molar-refractivity contribution in [1.29, 1.82) is 0 Å². The number of ether oxygens (including phenoxy) is 9. The zero-order chi connectivity index (χ0) is 36.3. The van der Waals surface area contributed by atoms with E-state index >= 15 is 0 Å². The molecule has 0 aliphatic carbocycles. The first kappa shape index (κ1) is 38.6. The van der Waals surface area contributed by atoms with Gasteiger partial charge in [0.25, 0.3) is 0 Å². The number of aliphatic hydroxyl groups is 9. The summed E-state index contributed by atoms with van der Waals surface area (Å²) in [5, 5.41) is 103. The van der Waals surface area contributed by atoms with E-state index in [0.717, 1.165) is 6.08 Å². The van der Waals surface area contributed by atoms with Crippen molar-refractivity contribution in [1.82, 2.24) is 0 Å². The first-order valence-corrected chi connectivity index (χ1v) is 15.6. The second-order valence-corrected chi connectivity index (χ2v) is 12.0. The van der Waals surface area contributed by atoms with Crippen molar-refractivity contribution in [2.24, 2.45) is 0 Å². The van der Waals surface area contributed by atoms with Crippen LogP contribution in [0.5, 0.6) is 11.5 Å². The van der Waals surface area contributed by atoms with Gasteiger partial charge < -0.3 is 93.7 Å². The van der Waals surface area contributed by atoms with E-state index in [1.165, 1.54) is 31.4 Å². The van der Waals surface area contributed by atoms with Crippen LogP contribution in [0.3, 0.4) is 0 Å². The Morgan fingerprint density at radius 1 is 0.760 bits per heavy atom. The van der Waals surface area contributed by atoms with Crippen molar-refractivity contribution < 1.29 is 98.5 Å². The number of phenols is 1. The number of aliphatic hydroxyl groups excluding tert-OH is 9. The van der Waals surface area contributed by atoms with E-state index in [2.05, 4.69) is 0 Å². The molecule has 0 bridgehead atoms. The third-order valence-corrected chi connectivity index (χ3v) is 8.55. The molecule has 282 valence electrons. The molecule has 0 spiro atoms. The summed E-state index contributed by atoms with van der Waals surface area (Å²) < 4.78 is 48.4. The molecule has 4 aliphatic heterocycles. The Hall–Kier alpha value is -2.61. The average Bonchev–Trinajstić information content (AvgIpc) is 3.37. The second kappa shape index (κ2) is 16.8. The number of rotatable bonds is 11. The van der Waals surface area contributed by atoms with E-state index in [-0.39, 0.29) is 18.1 Å². The molecule has 0 aromatic heterocycles. The smallest absolute Gasteiger partial charge is 0.330 e. The maximum absolute atomic E-state index is 12.3. The Morgan fingerprint density at radius 2 is 1.40 bits per heavy atom. The first-order chi connectivity index (χ1) is 23.8. The summed E-state index contributed by atoms with van der Waals surface area (Å²) >= 11 is 0. The van der Waals surface area contributed by atoms with E-state index in [1.54, 1.807) is 0 Å². The van der Waals surface area contributed by atoms with Gasteiger partial charge in [0.05, 0.1) is 26.9 Å². The minimum absolute atomic E-state index is 0.0908. The summed E-state index contributed by atoms with van der Waals surface area (Å²) in [7, 11) is 1.37. The van der Waals surface area contributed by atoms with E-state index in [9.17, 15) is 55.9 Å². The Kier molecular flexibility index (Phi) is 13.0. The van der Waals surface area contributed by atoms with Gasteiger partial charge in [-0.3, -0.25) is 0 Å². The molecular formula is C30H42O20. The number of phenolic OH excluding ortho intramolecular Hbond substituents is 1. The van der Waals surface area contributed by atoms with Gasteiger partial charge in [-0.1, -0.05) is 6.07 Å². The molecule has 4 fully saturated rings. The summed E-state index contributed by atoms with van der Waals surface area (Å²) in [5.41, 5.74) is 0.511. The van der Waals surface area contributed by atoms with Crippen LogP contribution < -0.4 is 4.74 Å². The van der Waals surface area contributed by atoms with Crippen molar-refractivity contribution >= 4 is 12.0 Å². The number of esters is 1. The van der Waals surface area contributed by atoms with E-state index in [0.29, 0.717) is 5.56 Å². The standard InChI is InChI=1S/C30H42O20/c1-42-14-6-11(2-4-12(14)31)3-5-18(33)43-8-15-21(36)24(39)30(48-15)50-26-17(10-44-27(41)25(26)40)49-29-23(38)20(35)16(9-46-29)47-28-22(37)19(34)13(32)7-45-28/h2-6,13,15-17,19-32,34-41H,7-10H2,1H3/b5-3+/t13-,15+,16-,17-,19+,20+,21+,22-,23-,24-,25+,26+,27?,28+,29-,30+/m1/s1. The maximum atomic E-state index is 12.3. The van der Waals surface area contributed by atoms with Gasteiger partial charge >= 0.3 is 5.97 Å². The predicted molar refractivity (Wildman–Crippen MR) is 157 cm³/mol. The summed E-state index contributed by atoms with van der Waals surface area (Å²) in [6.07, 6.45) is -22.7. The molecule has 16 atom stereocenters.